The Morgan fingerprint density at radius 1 is 1.18 bits per heavy atom. The van der Waals surface area contributed by atoms with Crippen molar-refractivity contribution in [2.45, 2.75) is 26.8 Å². The average Bonchev–Trinajstić information content (AvgIpc) is 2.54. The number of anilines is 1. The highest BCUT2D eigenvalue weighted by Gasteiger charge is 2.06. The summed E-state index contributed by atoms with van der Waals surface area (Å²) in [6.07, 6.45) is 4.40. The second-order valence-corrected chi connectivity index (χ2v) is 5.55. The molecule has 0 unspecified atom stereocenters. The lowest BCUT2D eigenvalue weighted by atomic mass is 10.1. The first-order valence-electron chi connectivity index (χ1n) is 7.53. The van der Waals surface area contributed by atoms with Gasteiger partial charge in [0.1, 0.15) is 5.69 Å². The van der Waals surface area contributed by atoms with Gasteiger partial charge >= 0.3 is 0 Å². The van der Waals surface area contributed by atoms with Crippen LogP contribution in [0.1, 0.15) is 36.5 Å². The van der Waals surface area contributed by atoms with Crippen molar-refractivity contribution in [1.82, 2.24) is 15.3 Å². The number of pyridine rings is 2. The van der Waals surface area contributed by atoms with E-state index < -0.39 is 0 Å². The van der Waals surface area contributed by atoms with Crippen LogP contribution in [-0.4, -0.2) is 22.4 Å². The largest absolute Gasteiger partial charge is 0.378 e. The highest BCUT2D eigenvalue weighted by atomic mass is 16.1. The second kappa shape index (κ2) is 8.12. The van der Waals surface area contributed by atoms with Crippen LogP contribution in [0.2, 0.25) is 0 Å². The maximum Gasteiger partial charge on any atom is 0.269 e. The van der Waals surface area contributed by atoms with Crippen LogP contribution in [0, 0.1) is 5.92 Å². The summed E-state index contributed by atoms with van der Waals surface area (Å²) < 4.78 is 0. The minimum atomic E-state index is -0.128. The Hall–Kier alpha value is -2.43. The molecular weight excluding hydrogens is 276 g/mol. The van der Waals surface area contributed by atoms with Gasteiger partial charge in [0.2, 0.25) is 0 Å². The Kier molecular flexibility index (Phi) is 5.89. The smallest absolute Gasteiger partial charge is 0.269 e. The lowest BCUT2D eigenvalue weighted by Gasteiger charge is -2.08. The van der Waals surface area contributed by atoms with Crippen molar-refractivity contribution >= 4 is 11.6 Å². The van der Waals surface area contributed by atoms with Gasteiger partial charge in [0.25, 0.3) is 5.91 Å². The molecule has 116 valence electrons. The third kappa shape index (κ3) is 5.16. The number of amides is 1. The molecular formula is C17H22N4O. The fourth-order valence-electron chi connectivity index (χ4n) is 1.89. The van der Waals surface area contributed by atoms with E-state index in [0.717, 1.165) is 17.8 Å². The first-order chi connectivity index (χ1) is 10.6. The monoisotopic (exact) mass is 298 g/mol. The van der Waals surface area contributed by atoms with Crippen molar-refractivity contribution in [2.75, 3.05) is 11.9 Å². The van der Waals surface area contributed by atoms with Gasteiger partial charge in [-0.2, -0.15) is 0 Å². The van der Waals surface area contributed by atoms with Crippen LogP contribution in [0.25, 0.3) is 0 Å². The molecule has 0 saturated carbocycles. The number of carbonyl (C=O) groups is 1. The van der Waals surface area contributed by atoms with Crippen LogP contribution >= 0.6 is 0 Å². The molecule has 0 aliphatic carbocycles. The molecule has 2 heterocycles. The van der Waals surface area contributed by atoms with Crippen molar-refractivity contribution in [2.24, 2.45) is 5.92 Å². The van der Waals surface area contributed by atoms with E-state index in [9.17, 15) is 4.79 Å². The molecule has 2 N–H and O–H groups in total. The zero-order valence-electron chi connectivity index (χ0n) is 13.0. The van der Waals surface area contributed by atoms with Gasteiger partial charge in [-0.3, -0.25) is 9.78 Å². The summed E-state index contributed by atoms with van der Waals surface area (Å²) in [7, 11) is 0. The molecule has 0 aliphatic heterocycles. The molecule has 5 nitrogen and oxygen atoms in total. The number of hydrogen-bond donors (Lipinski definition) is 2. The Bertz CT molecular complexity index is 581. The predicted molar refractivity (Wildman–Crippen MR) is 87.6 cm³/mol. The molecule has 0 saturated heterocycles. The number of hydrogen-bond acceptors (Lipinski definition) is 4. The van der Waals surface area contributed by atoms with Crippen LogP contribution in [0.15, 0.2) is 42.7 Å². The highest BCUT2D eigenvalue weighted by Crippen LogP contribution is 2.08. The molecule has 22 heavy (non-hydrogen) atoms. The van der Waals surface area contributed by atoms with Gasteiger partial charge in [0.05, 0.1) is 24.1 Å². The van der Waals surface area contributed by atoms with Crippen molar-refractivity contribution in [3.05, 3.63) is 54.1 Å². The SMILES string of the molecule is CC(C)CCNC(=O)c1ccc(NCc2ccccn2)cn1. The molecule has 1 amide bonds. The molecule has 0 aliphatic rings. The maximum absolute atomic E-state index is 11.9. The number of carbonyl (C=O) groups excluding carboxylic acids is 1. The first kappa shape index (κ1) is 15.9. The van der Waals surface area contributed by atoms with Crippen LogP contribution in [0.5, 0.6) is 0 Å². The molecule has 0 bridgehead atoms. The quantitative estimate of drug-likeness (QED) is 0.825. The van der Waals surface area contributed by atoms with Crippen molar-refractivity contribution in [3.63, 3.8) is 0 Å². The number of nitrogens with one attached hydrogen (secondary N) is 2. The minimum absolute atomic E-state index is 0.128. The van der Waals surface area contributed by atoms with Crippen LogP contribution in [-0.2, 0) is 6.54 Å². The lowest BCUT2D eigenvalue weighted by molar-refractivity contribution is 0.0947. The number of aromatic nitrogens is 2. The second-order valence-electron chi connectivity index (χ2n) is 5.55. The predicted octanol–water partition coefficient (Wildman–Crippen LogP) is 2.86. The van der Waals surface area contributed by atoms with E-state index in [4.69, 9.17) is 0 Å². The van der Waals surface area contributed by atoms with Crippen molar-refractivity contribution in [3.8, 4) is 0 Å². The lowest BCUT2D eigenvalue weighted by Crippen LogP contribution is -2.26. The fourth-order valence-corrected chi connectivity index (χ4v) is 1.89. The minimum Gasteiger partial charge on any atom is -0.378 e. The Labute approximate surface area is 131 Å². The average molecular weight is 298 g/mol. The molecule has 0 atom stereocenters. The normalized spacial score (nSPS) is 10.5. The summed E-state index contributed by atoms with van der Waals surface area (Å²) in [5.74, 6) is 0.448. The van der Waals surface area contributed by atoms with E-state index in [0.29, 0.717) is 24.7 Å². The molecule has 0 aromatic carbocycles. The summed E-state index contributed by atoms with van der Waals surface area (Å²) in [4.78, 5) is 20.3. The first-order valence-corrected chi connectivity index (χ1v) is 7.53. The van der Waals surface area contributed by atoms with Crippen LogP contribution < -0.4 is 10.6 Å². The molecule has 0 spiro atoms. The van der Waals surface area contributed by atoms with E-state index in [2.05, 4.69) is 34.4 Å². The van der Waals surface area contributed by atoms with E-state index in [1.54, 1.807) is 18.5 Å². The Balaban J connectivity index is 1.83. The molecule has 5 heteroatoms. The zero-order chi connectivity index (χ0) is 15.8. The Morgan fingerprint density at radius 3 is 2.68 bits per heavy atom. The summed E-state index contributed by atoms with van der Waals surface area (Å²) in [6, 6.07) is 9.38. The zero-order valence-corrected chi connectivity index (χ0v) is 13.0. The van der Waals surface area contributed by atoms with Gasteiger partial charge in [-0.25, -0.2) is 4.98 Å². The standard InChI is InChI=1S/C17H22N4O/c1-13(2)8-10-19-17(22)16-7-6-15(12-21-16)20-11-14-5-3-4-9-18-14/h3-7,9,12-13,20H,8,10-11H2,1-2H3,(H,19,22). The van der Waals surface area contributed by atoms with Crippen LogP contribution in [0.3, 0.4) is 0 Å². The topological polar surface area (TPSA) is 66.9 Å². The van der Waals surface area contributed by atoms with Gasteiger partial charge in [-0.15, -0.1) is 0 Å². The number of rotatable bonds is 7. The van der Waals surface area contributed by atoms with Crippen LogP contribution in [0.4, 0.5) is 5.69 Å². The molecule has 0 fully saturated rings. The number of nitrogens with zero attached hydrogens (tertiary/aromatic N) is 2. The van der Waals surface area contributed by atoms with Crippen molar-refractivity contribution < 1.29 is 4.79 Å². The third-order valence-corrected chi connectivity index (χ3v) is 3.20. The summed E-state index contributed by atoms with van der Waals surface area (Å²) >= 11 is 0. The molecule has 2 aromatic rings. The highest BCUT2D eigenvalue weighted by molar-refractivity contribution is 5.92. The van der Waals surface area contributed by atoms with E-state index >= 15 is 0 Å². The van der Waals surface area contributed by atoms with Crippen molar-refractivity contribution in [1.29, 1.82) is 0 Å². The van der Waals surface area contributed by atoms with Gasteiger partial charge in [-0.1, -0.05) is 19.9 Å². The van der Waals surface area contributed by atoms with E-state index in [1.807, 2.05) is 24.3 Å². The maximum atomic E-state index is 11.9. The summed E-state index contributed by atoms with van der Waals surface area (Å²) in [5.41, 5.74) is 2.26. The molecule has 2 rings (SSSR count). The van der Waals surface area contributed by atoms with Gasteiger partial charge < -0.3 is 10.6 Å². The van der Waals surface area contributed by atoms with E-state index in [-0.39, 0.29) is 5.91 Å². The summed E-state index contributed by atoms with van der Waals surface area (Å²) in [6.45, 7) is 5.57. The Morgan fingerprint density at radius 2 is 2.05 bits per heavy atom. The van der Waals surface area contributed by atoms with Gasteiger partial charge in [-0.05, 0) is 36.6 Å². The molecule has 2 aromatic heterocycles. The van der Waals surface area contributed by atoms with Gasteiger partial charge in [0.15, 0.2) is 0 Å². The van der Waals surface area contributed by atoms with Gasteiger partial charge in [0, 0.05) is 12.7 Å². The summed E-state index contributed by atoms with van der Waals surface area (Å²) in [5, 5.41) is 6.10. The van der Waals surface area contributed by atoms with E-state index in [1.165, 1.54) is 0 Å². The third-order valence-electron chi connectivity index (χ3n) is 3.20. The molecule has 0 radical (unpaired) electrons. The fraction of sp³-hybridized carbons (Fsp3) is 0.353.